The lowest BCUT2D eigenvalue weighted by Crippen LogP contribution is -2.30. The van der Waals surface area contributed by atoms with Gasteiger partial charge in [-0.25, -0.2) is 4.39 Å². The van der Waals surface area contributed by atoms with E-state index in [1.165, 1.54) is 6.07 Å². The Morgan fingerprint density at radius 1 is 1.44 bits per heavy atom. The highest BCUT2D eigenvalue weighted by Crippen LogP contribution is 2.21. The predicted molar refractivity (Wildman–Crippen MR) is 71.7 cm³/mol. The van der Waals surface area contributed by atoms with Gasteiger partial charge >= 0.3 is 5.97 Å². The van der Waals surface area contributed by atoms with E-state index < -0.39 is 0 Å². The number of halogens is 2. The fraction of sp³-hybridized carbons (Fsp3) is 0.462. The number of ether oxygens (including phenoxy) is 1. The van der Waals surface area contributed by atoms with Crippen molar-refractivity contribution in [2.45, 2.75) is 20.4 Å². The van der Waals surface area contributed by atoms with Crippen LogP contribution < -0.4 is 0 Å². The van der Waals surface area contributed by atoms with Gasteiger partial charge < -0.3 is 4.74 Å². The summed E-state index contributed by atoms with van der Waals surface area (Å²) in [4.78, 5) is 13.3. The summed E-state index contributed by atoms with van der Waals surface area (Å²) >= 11 is 3.22. The molecule has 0 unspecified atom stereocenters. The normalized spacial score (nSPS) is 10.7. The maximum atomic E-state index is 13.4. The van der Waals surface area contributed by atoms with Crippen LogP contribution in [-0.2, 0) is 16.1 Å². The van der Waals surface area contributed by atoms with E-state index in [4.69, 9.17) is 4.74 Å². The lowest BCUT2D eigenvalue weighted by Gasteiger charge is -2.20. The Balaban J connectivity index is 2.68. The average Bonchev–Trinajstić information content (AvgIpc) is 2.34. The molecule has 0 atom stereocenters. The number of hydrogen-bond donors (Lipinski definition) is 0. The van der Waals surface area contributed by atoms with E-state index in [0.29, 0.717) is 24.2 Å². The topological polar surface area (TPSA) is 29.5 Å². The van der Waals surface area contributed by atoms with Gasteiger partial charge in [0.1, 0.15) is 5.82 Å². The largest absolute Gasteiger partial charge is 0.465 e. The molecule has 0 saturated carbocycles. The molecule has 1 rings (SSSR count). The maximum absolute atomic E-state index is 13.4. The van der Waals surface area contributed by atoms with E-state index >= 15 is 0 Å². The van der Waals surface area contributed by atoms with Gasteiger partial charge in [0.05, 0.1) is 17.6 Å². The molecule has 0 saturated heterocycles. The van der Waals surface area contributed by atoms with Crippen LogP contribution in [0, 0.1) is 5.82 Å². The van der Waals surface area contributed by atoms with Crippen molar-refractivity contribution in [3.8, 4) is 0 Å². The highest BCUT2D eigenvalue weighted by Gasteiger charge is 2.13. The van der Waals surface area contributed by atoms with Crippen LogP contribution in [0.15, 0.2) is 22.7 Å². The summed E-state index contributed by atoms with van der Waals surface area (Å²) in [6.07, 6.45) is 0. The highest BCUT2D eigenvalue weighted by atomic mass is 79.9. The number of benzene rings is 1. The molecule has 0 aliphatic heterocycles. The van der Waals surface area contributed by atoms with Gasteiger partial charge in [0.15, 0.2) is 0 Å². The van der Waals surface area contributed by atoms with Crippen molar-refractivity contribution >= 4 is 21.9 Å². The van der Waals surface area contributed by atoms with Crippen molar-refractivity contribution in [2.75, 3.05) is 19.7 Å². The summed E-state index contributed by atoms with van der Waals surface area (Å²) in [5, 5.41) is 0. The lowest BCUT2D eigenvalue weighted by molar-refractivity contribution is -0.144. The Labute approximate surface area is 115 Å². The smallest absolute Gasteiger partial charge is 0.320 e. The fourth-order valence-electron chi connectivity index (χ4n) is 1.58. The molecule has 0 bridgehead atoms. The number of carbonyl (C=O) groups excluding carboxylic acids is 1. The third-order valence-corrected chi connectivity index (χ3v) is 3.42. The van der Waals surface area contributed by atoms with Gasteiger partial charge in [0.2, 0.25) is 0 Å². The number of hydrogen-bond acceptors (Lipinski definition) is 3. The van der Waals surface area contributed by atoms with Crippen molar-refractivity contribution in [1.82, 2.24) is 4.90 Å². The predicted octanol–water partition coefficient (Wildman–Crippen LogP) is 2.97. The van der Waals surface area contributed by atoms with Crippen molar-refractivity contribution in [3.63, 3.8) is 0 Å². The second-order valence-corrected chi connectivity index (χ2v) is 4.61. The van der Waals surface area contributed by atoms with E-state index in [9.17, 15) is 9.18 Å². The summed E-state index contributed by atoms with van der Waals surface area (Å²) in [6.45, 7) is 5.52. The number of rotatable bonds is 6. The molecular formula is C13H17BrFNO2. The van der Waals surface area contributed by atoms with E-state index in [1.54, 1.807) is 13.0 Å². The molecule has 1 aromatic rings. The maximum Gasteiger partial charge on any atom is 0.320 e. The van der Waals surface area contributed by atoms with Crippen molar-refractivity contribution < 1.29 is 13.9 Å². The van der Waals surface area contributed by atoms with Crippen molar-refractivity contribution in [3.05, 3.63) is 34.1 Å². The first kappa shape index (κ1) is 15.1. The molecule has 3 nitrogen and oxygen atoms in total. The minimum absolute atomic E-state index is 0.216. The van der Waals surface area contributed by atoms with Crippen LogP contribution in [0.4, 0.5) is 4.39 Å². The van der Waals surface area contributed by atoms with Crippen molar-refractivity contribution in [1.29, 1.82) is 0 Å². The summed E-state index contributed by atoms with van der Waals surface area (Å²) in [6, 6.07) is 4.89. The average molecular weight is 318 g/mol. The standard InChI is InChI=1S/C13H17BrFNO2/c1-3-16(9-12(17)18-4-2)8-10-6-5-7-11(15)13(10)14/h5-7H,3-4,8-9H2,1-2H3. The van der Waals surface area contributed by atoms with Gasteiger partial charge in [-0.2, -0.15) is 0 Å². The van der Waals surface area contributed by atoms with Crippen LogP contribution in [0.1, 0.15) is 19.4 Å². The summed E-state index contributed by atoms with van der Waals surface area (Å²) in [5.74, 6) is -0.549. The van der Waals surface area contributed by atoms with Crippen LogP contribution in [0.25, 0.3) is 0 Å². The molecule has 0 aromatic heterocycles. The third-order valence-electron chi connectivity index (χ3n) is 2.53. The summed E-state index contributed by atoms with van der Waals surface area (Å²) < 4.78 is 18.7. The molecule has 0 aliphatic carbocycles. The zero-order valence-electron chi connectivity index (χ0n) is 10.6. The number of likely N-dealkylation sites (N-methyl/N-ethyl adjacent to an activating group) is 1. The quantitative estimate of drug-likeness (QED) is 0.755. The Kier molecular flexibility index (Phi) is 6.29. The second-order valence-electron chi connectivity index (χ2n) is 3.82. The molecular weight excluding hydrogens is 301 g/mol. The molecule has 1 aromatic carbocycles. The van der Waals surface area contributed by atoms with E-state index in [0.717, 1.165) is 5.56 Å². The monoisotopic (exact) mass is 317 g/mol. The number of esters is 1. The zero-order chi connectivity index (χ0) is 13.5. The van der Waals surface area contributed by atoms with Crippen LogP contribution in [-0.4, -0.2) is 30.6 Å². The fourth-order valence-corrected chi connectivity index (χ4v) is 1.97. The van der Waals surface area contributed by atoms with E-state index in [-0.39, 0.29) is 18.3 Å². The molecule has 18 heavy (non-hydrogen) atoms. The van der Waals surface area contributed by atoms with E-state index in [2.05, 4.69) is 15.9 Å². The third kappa shape index (κ3) is 4.38. The first-order valence-electron chi connectivity index (χ1n) is 5.89. The minimum Gasteiger partial charge on any atom is -0.465 e. The molecule has 5 heteroatoms. The Hall–Kier alpha value is -0.940. The van der Waals surface area contributed by atoms with Gasteiger partial charge in [-0.05, 0) is 41.0 Å². The van der Waals surface area contributed by atoms with Crippen LogP contribution in [0.5, 0.6) is 0 Å². The SMILES string of the molecule is CCOC(=O)CN(CC)Cc1cccc(F)c1Br. The Morgan fingerprint density at radius 2 is 2.17 bits per heavy atom. The Bertz CT molecular complexity index is 412. The first-order chi connectivity index (χ1) is 8.58. The highest BCUT2D eigenvalue weighted by molar-refractivity contribution is 9.10. The molecule has 0 fully saturated rings. The van der Waals surface area contributed by atoms with Gasteiger partial charge in [-0.15, -0.1) is 0 Å². The van der Waals surface area contributed by atoms with Crippen LogP contribution in [0.2, 0.25) is 0 Å². The molecule has 0 N–H and O–H groups in total. The van der Waals surface area contributed by atoms with Gasteiger partial charge in [-0.1, -0.05) is 19.1 Å². The van der Waals surface area contributed by atoms with Gasteiger partial charge in [0, 0.05) is 6.54 Å². The molecule has 100 valence electrons. The van der Waals surface area contributed by atoms with Gasteiger partial charge in [0.25, 0.3) is 0 Å². The summed E-state index contributed by atoms with van der Waals surface area (Å²) in [7, 11) is 0. The number of nitrogens with zero attached hydrogens (tertiary/aromatic N) is 1. The van der Waals surface area contributed by atoms with Crippen LogP contribution >= 0.6 is 15.9 Å². The minimum atomic E-state index is -0.292. The summed E-state index contributed by atoms with van der Waals surface area (Å²) in [5.41, 5.74) is 0.821. The van der Waals surface area contributed by atoms with Crippen molar-refractivity contribution in [2.24, 2.45) is 0 Å². The molecule has 0 heterocycles. The first-order valence-corrected chi connectivity index (χ1v) is 6.68. The molecule has 0 amide bonds. The lowest BCUT2D eigenvalue weighted by atomic mass is 10.2. The van der Waals surface area contributed by atoms with E-state index in [1.807, 2.05) is 17.9 Å². The molecule has 0 aliphatic rings. The zero-order valence-corrected chi connectivity index (χ0v) is 12.2. The Morgan fingerprint density at radius 3 is 2.78 bits per heavy atom. The van der Waals surface area contributed by atoms with Gasteiger partial charge in [-0.3, -0.25) is 9.69 Å². The number of carbonyl (C=O) groups is 1. The van der Waals surface area contributed by atoms with Crippen LogP contribution in [0.3, 0.4) is 0 Å². The molecule has 0 spiro atoms. The second kappa shape index (κ2) is 7.48. The molecule has 0 radical (unpaired) electrons.